The molecule has 0 aromatic carbocycles. The lowest BCUT2D eigenvalue weighted by atomic mass is 10.2. The maximum Gasteiger partial charge on any atom is 0.326 e. The molecule has 1 aliphatic heterocycles. The summed E-state index contributed by atoms with van der Waals surface area (Å²) in [7, 11) is 0. The van der Waals surface area contributed by atoms with Gasteiger partial charge in [-0.1, -0.05) is 0 Å². The van der Waals surface area contributed by atoms with Crippen molar-refractivity contribution in [2.45, 2.75) is 6.04 Å². The number of nitrogens with zero attached hydrogens (tertiary/aromatic N) is 2. The molecule has 6 heteroatoms. The largest absolute Gasteiger partial charge is 0.480 e. The van der Waals surface area contributed by atoms with Crippen LogP contribution >= 0.6 is 0 Å². The summed E-state index contributed by atoms with van der Waals surface area (Å²) >= 11 is 0. The molecule has 92 valence electrons. The third kappa shape index (κ3) is 2.72. The first kappa shape index (κ1) is 11.8. The second-order valence-electron chi connectivity index (χ2n) is 3.85. The molecule has 17 heavy (non-hydrogen) atoms. The molecule has 1 saturated heterocycles. The van der Waals surface area contributed by atoms with Gasteiger partial charge in [0.15, 0.2) is 0 Å². The molecule has 1 aromatic heterocycles. The summed E-state index contributed by atoms with van der Waals surface area (Å²) in [5.74, 6) is -1.07. The molecule has 0 amide bonds. The zero-order chi connectivity index (χ0) is 12.3. The Morgan fingerprint density at radius 2 is 2.24 bits per heavy atom. The number of carboxylic acid groups (broad SMARTS) is 1. The second-order valence-corrected chi connectivity index (χ2v) is 3.85. The summed E-state index contributed by atoms with van der Waals surface area (Å²) in [6.07, 6.45) is 1.59. The first-order chi connectivity index (χ1) is 8.18. The predicted molar refractivity (Wildman–Crippen MR) is 61.8 cm³/mol. The van der Waals surface area contributed by atoms with Crippen LogP contribution in [0, 0.1) is 0 Å². The number of pyridine rings is 1. The molecule has 1 fully saturated rings. The molecule has 1 atom stereocenters. The summed E-state index contributed by atoms with van der Waals surface area (Å²) in [6, 6.07) is 2.50. The number of aromatic nitrogens is 1. The monoisotopic (exact) mass is 237 g/mol. The molecule has 1 unspecified atom stereocenters. The van der Waals surface area contributed by atoms with Gasteiger partial charge in [-0.25, -0.2) is 0 Å². The van der Waals surface area contributed by atoms with Crippen molar-refractivity contribution in [3.8, 4) is 0 Å². The number of morpholine rings is 1. The molecule has 2 heterocycles. The van der Waals surface area contributed by atoms with Gasteiger partial charge in [0.2, 0.25) is 0 Å². The van der Waals surface area contributed by atoms with Crippen LogP contribution in [0.25, 0.3) is 0 Å². The van der Waals surface area contributed by atoms with Gasteiger partial charge in [-0.3, -0.25) is 9.78 Å². The number of carboxylic acids is 1. The molecular weight excluding hydrogens is 222 g/mol. The molecule has 2 rings (SSSR count). The Labute approximate surface area is 99.0 Å². The van der Waals surface area contributed by atoms with Gasteiger partial charge in [-0.15, -0.1) is 0 Å². The van der Waals surface area contributed by atoms with Crippen LogP contribution in [-0.2, 0) is 9.53 Å². The van der Waals surface area contributed by atoms with Crippen LogP contribution in [0.15, 0.2) is 18.3 Å². The standard InChI is InChI=1S/C11H15N3O3/c12-10(11(15)16)9-7-8(1-2-13-9)14-3-5-17-6-4-14/h1-2,7,10H,3-6,12H2,(H,15,16). The molecular formula is C11H15N3O3. The molecule has 0 radical (unpaired) electrons. The lowest BCUT2D eigenvalue weighted by Gasteiger charge is -2.29. The van der Waals surface area contributed by atoms with E-state index in [9.17, 15) is 4.79 Å². The fourth-order valence-electron chi connectivity index (χ4n) is 1.75. The Balaban J connectivity index is 2.18. The minimum Gasteiger partial charge on any atom is -0.480 e. The molecule has 0 bridgehead atoms. The quantitative estimate of drug-likeness (QED) is 0.769. The van der Waals surface area contributed by atoms with E-state index in [2.05, 4.69) is 9.88 Å². The topological polar surface area (TPSA) is 88.7 Å². The van der Waals surface area contributed by atoms with Crippen molar-refractivity contribution in [2.75, 3.05) is 31.2 Å². The number of anilines is 1. The number of aliphatic carboxylic acids is 1. The smallest absolute Gasteiger partial charge is 0.326 e. The fraction of sp³-hybridized carbons (Fsp3) is 0.455. The van der Waals surface area contributed by atoms with Crippen molar-refractivity contribution < 1.29 is 14.6 Å². The van der Waals surface area contributed by atoms with Crippen LogP contribution in [0.2, 0.25) is 0 Å². The number of ether oxygens (including phenoxy) is 1. The Morgan fingerprint density at radius 3 is 2.88 bits per heavy atom. The molecule has 3 N–H and O–H groups in total. The first-order valence-corrected chi connectivity index (χ1v) is 5.45. The third-order valence-electron chi connectivity index (χ3n) is 2.73. The average Bonchev–Trinajstić information content (AvgIpc) is 2.39. The normalized spacial score (nSPS) is 17.8. The number of hydrogen-bond acceptors (Lipinski definition) is 5. The Kier molecular flexibility index (Phi) is 3.55. The minimum absolute atomic E-state index is 0.376. The van der Waals surface area contributed by atoms with Crippen LogP contribution in [0.1, 0.15) is 11.7 Å². The highest BCUT2D eigenvalue weighted by Crippen LogP contribution is 2.18. The molecule has 0 spiro atoms. The van der Waals surface area contributed by atoms with Gasteiger partial charge in [0, 0.05) is 25.0 Å². The molecule has 1 aromatic rings. The van der Waals surface area contributed by atoms with E-state index >= 15 is 0 Å². The zero-order valence-corrected chi connectivity index (χ0v) is 9.37. The van der Waals surface area contributed by atoms with E-state index in [-0.39, 0.29) is 0 Å². The van der Waals surface area contributed by atoms with Crippen molar-refractivity contribution >= 4 is 11.7 Å². The van der Waals surface area contributed by atoms with E-state index in [1.165, 1.54) is 0 Å². The van der Waals surface area contributed by atoms with E-state index in [0.717, 1.165) is 18.8 Å². The van der Waals surface area contributed by atoms with Crippen molar-refractivity contribution in [3.63, 3.8) is 0 Å². The average molecular weight is 237 g/mol. The van der Waals surface area contributed by atoms with Gasteiger partial charge in [-0.05, 0) is 12.1 Å². The second kappa shape index (κ2) is 5.11. The summed E-state index contributed by atoms with van der Waals surface area (Å²) < 4.78 is 5.26. The lowest BCUT2D eigenvalue weighted by Crippen LogP contribution is -2.36. The van der Waals surface area contributed by atoms with Crippen LogP contribution in [0.4, 0.5) is 5.69 Å². The number of hydrogen-bond donors (Lipinski definition) is 2. The Bertz CT molecular complexity index is 405. The number of nitrogens with two attached hydrogens (primary N) is 1. The summed E-state index contributed by atoms with van der Waals surface area (Å²) in [5, 5.41) is 8.84. The summed E-state index contributed by atoms with van der Waals surface area (Å²) in [5.41, 5.74) is 6.85. The number of carbonyl (C=O) groups is 1. The molecule has 6 nitrogen and oxygen atoms in total. The van der Waals surface area contributed by atoms with Crippen molar-refractivity contribution in [2.24, 2.45) is 5.73 Å². The third-order valence-corrected chi connectivity index (χ3v) is 2.73. The van der Waals surface area contributed by atoms with Crippen molar-refractivity contribution in [3.05, 3.63) is 24.0 Å². The van der Waals surface area contributed by atoms with E-state index in [4.69, 9.17) is 15.6 Å². The highest BCUT2D eigenvalue weighted by atomic mass is 16.5. The predicted octanol–water partition coefficient (Wildman–Crippen LogP) is 0.00260. The van der Waals surface area contributed by atoms with Gasteiger partial charge in [0.25, 0.3) is 0 Å². The van der Waals surface area contributed by atoms with E-state index < -0.39 is 12.0 Å². The van der Waals surface area contributed by atoms with Crippen molar-refractivity contribution in [1.82, 2.24) is 4.98 Å². The highest BCUT2D eigenvalue weighted by molar-refractivity contribution is 5.75. The number of rotatable bonds is 3. The highest BCUT2D eigenvalue weighted by Gasteiger charge is 2.18. The van der Waals surface area contributed by atoms with E-state index in [1.54, 1.807) is 12.3 Å². The maximum absolute atomic E-state index is 10.8. The Hall–Kier alpha value is -1.66. The first-order valence-electron chi connectivity index (χ1n) is 5.45. The van der Waals surface area contributed by atoms with Crippen LogP contribution in [-0.4, -0.2) is 42.4 Å². The molecule has 1 aliphatic rings. The lowest BCUT2D eigenvalue weighted by molar-refractivity contribution is -0.138. The zero-order valence-electron chi connectivity index (χ0n) is 9.37. The van der Waals surface area contributed by atoms with E-state index in [0.29, 0.717) is 18.9 Å². The summed E-state index contributed by atoms with van der Waals surface area (Å²) in [4.78, 5) is 16.9. The van der Waals surface area contributed by atoms with Crippen LogP contribution in [0.3, 0.4) is 0 Å². The van der Waals surface area contributed by atoms with Gasteiger partial charge in [-0.2, -0.15) is 0 Å². The SMILES string of the molecule is NC(C(=O)O)c1cc(N2CCOCC2)ccn1. The van der Waals surface area contributed by atoms with Crippen molar-refractivity contribution in [1.29, 1.82) is 0 Å². The minimum atomic E-state index is -1.07. The van der Waals surface area contributed by atoms with Gasteiger partial charge in [0.05, 0.1) is 18.9 Å². The fourth-order valence-corrected chi connectivity index (χ4v) is 1.75. The van der Waals surface area contributed by atoms with Crippen LogP contribution < -0.4 is 10.6 Å². The van der Waals surface area contributed by atoms with E-state index in [1.807, 2.05) is 6.07 Å². The molecule has 0 aliphatic carbocycles. The Morgan fingerprint density at radius 1 is 1.53 bits per heavy atom. The van der Waals surface area contributed by atoms with Gasteiger partial charge in [0.1, 0.15) is 6.04 Å². The molecule has 0 saturated carbocycles. The van der Waals surface area contributed by atoms with Gasteiger partial charge < -0.3 is 20.5 Å². The van der Waals surface area contributed by atoms with Gasteiger partial charge >= 0.3 is 5.97 Å². The summed E-state index contributed by atoms with van der Waals surface area (Å²) in [6.45, 7) is 2.96. The van der Waals surface area contributed by atoms with Crippen LogP contribution in [0.5, 0.6) is 0 Å². The maximum atomic E-state index is 10.8.